The Balaban J connectivity index is 1.87. The van der Waals surface area contributed by atoms with Crippen LogP contribution < -0.4 is 0 Å². The molecule has 1 aliphatic heterocycles. The number of hydrogen-bond acceptors (Lipinski definition) is 4. The van der Waals surface area contributed by atoms with Crippen LogP contribution in [0.5, 0.6) is 0 Å². The predicted molar refractivity (Wildman–Crippen MR) is 76.5 cm³/mol. The van der Waals surface area contributed by atoms with Gasteiger partial charge in [0.15, 0.2) is 0 Å². The Hall–Kier alpha value is -1.59. The third-order valence-electron chi connectivity index (χ3n) is 3.67. The van der Waals surface area contributed by atoms with Crippen LogP contribution in [0, 0.1) is 0 Å². The minimum absolute atomic E-state index is 0.0364. The van der Waals surface area contributed by atoms with Gasteiger partial charge in [-0.15, -0.1) is 0 Å². The average molecular weight is 278 g/mol. The van der Waals surface area contributed by atoms with E-state index in [1.165, 1.54) is 0 Å². The molecule has 2 atom stereocenters. The number of nitrogens with zero attached hydrogens (tertiary/aromatic N) is 2. The van der Waals surface area contributed by atoms with Crippen molar-refractivity contribution < 1.29 is 14.3 Å². The first kappa shape index (κ1) is 14.8. The molecule has 0 saturated carbocycles. The molecule has 1 saturated heterocycles. The summed E-state index contributed by atoms with van der Waals surface area (Å²) in [7, 11) is 5.67. The van der Waals surface area contributed by atoms with Gasteiger partial charge in [-0.1, -0.05) is 30.3 Å². The number of benzene rings is 1. The first-order chi connectivity index (χ1) is 9.61. The highest BCUT2D eigenvalue weighted by atomic mass is 16.6. The minimum atomic E-state index is -0.278. The smallest absolute Gasteiger partial charge is 0.410 e. The topological polar surface area (TPSA) is 42.0 Å². The van der Waals surface area contributed by atoms with E-state index in [4.69, 9.17) is 9.47 Å². The van der Waals surface area contributed by atoms with Gasteiger partial charge in [0, 0.05) is 13.7 Å². The van der Waals surface area contributed by atoms with Crippen molar-refractivity contribution in [3.63, 3.8) is 0 Å². The first-order valence-corrected chi connectivity index (χ1v) is 6.76. The van der Waals surface area contributed by atoms with E-state index in [1.807, 2.05) is 44.4 Å². The van der Waals surface area contributed by atoms with Crippen LogP contribution in [0.25, 0.3) is 0 Å². The first-order valence-electron chi connectivity index (χ1n) is 6.76. The Kier molecular flexibility index (Phi) is 4.98. The van der Waals surface area contributed by atoms with Crippen LogP contribution in [-0.2, 0) is 16.1 Å². The molecular weight excluding hydrogens is 256 g/mol. The number of ether oxygens (including phenoxy) is 2. The van der Waals surface area contributed by atoms with E-state index < -0.39 is 0 Å². The normalized spacial score (nSPS) is 22.3. The van der Waals surface area contributed by atoms with Gasteiger partial charge in [0.25, 0.3) is 0 Å². The summed E-state index contributed by atoms with van der Waals surface area (Å²) in [6.07, 6.45) is -0.241. The van der Waals surface area contributed by atoms with Crippen molar-refractivity contribution in [3.8, 4) is 0 Å². The molecule has 110 valence electrons. The van der Waals surface area contributed by atoms with Crippen LogP contribution in [0.2, 0.25) is 0 Å². The fourth-order valence-corrected chi connectivity index (χ4v) is 2.44. The van der Waals surface area contributed by atoms with Crippen molar-refractivity contribution in [2.24, 2.45) is 0 Å². The van der Waals surface area contributed by atoms with E-state index in [0.717, 1.165) is 5.56 Å². The SMILES string of the molecule is CO[C@H]1CN(C(=O)OCc2ccccc2)C[C@@H]1N(C)C. The highest BCUT2D eigenvalue weighted by Gasteiger charge is 2.37. The van der Waals surface area contributed by atoms with Crippen LogP contribution in [-0.4, -0.2) is 62.3 Å². The molecule has 5 nitrogen and oxygen atoms in total. The molecule has 1 aromatic carbocycles. The fourth-order valence-electron chi connectivity index (χ4n) is 2.44. The van der Waals surface area contributed by atoms with E-state index in [2.05, 4.69) is 4.90 Å². The van der Waals surface area contributed by atoms with Crippen LogP contribution >= 0.6 is 0 Å². The van der Waals surface area contributed by atoms with Crippen LogP contribution in [0.1, 0.15) is 5.56 Å². The monoisotopic (exact) mass is 278 g/mol. The third kappa shape index (κ3) is 3.49. The lowest BCUT2D eigenvalue weighted by atomic mass is 10.2. The molecule has 1 aromatic rings. The lowest BCUT2D eigenvalue weighted by Gasteiger charge is -2.23. The van der Waals surface area contributed by atoms with Crippen LogP contribution in [0.3, 0.4) is 0 Å². The third-order valence-corrected chi connectivity index (χ3v) is 3.67. The molecule has 1 fully saturated rings. The maximum atomic E-state index is 12.1. The van der Waals surface area contributed by atoms with Gasteiger partial charge in [-0.05, 0) is 19.7 Å². The number of carbonyl (C=O) groups excluding carboxylic acids is 1. The Morgan fingerprint density at radius 3 is 2.55 bits per heavy atom. The second-order valence-electron chi connectivity index (χ2n) is 5.25. The number of amides is 1. The Morgan fingerprint density at radius 2 is 2.00 bits per heavy atom. The summed E-state index contributed by atoms with van der Waals surface area (Å²) in [6.45, 7) is 1.52. The van der Waals surface area contributed by atoms with Gasteiger partial charge in [0.05, 0.1) is 18.7 Å². The molecule has 0 aliphatic carbocycles. The summed E-state index contributed by atoms with van der Waals surface area (Å²) >= 11 is 0. The number of likely N-dealkylation sites (tertiary alicyclic amines) is 1. The minimum Gasteiger partial charge on any atom is -0.445 e. The summed E-state index contributed by atoms with van der Waals surface area (Å²) in [5, 5.41) is 0. The number of methoxy groups -OCH3 is 1. The average Bonchev–Trinajstić information content (AvgIpc) is 2.90. The van der Waals surface area contributed by atoms with Crippen LogP contribution in [0.15, 0.2) is 30.3 Å². The van der Waals surface area contributed by atoms with Gasteiger partial charge in [-0.2, -0.15) is 0 Å². The molecule has 0 bridgehead atoms. The van der Waals surface area contributed by atoms with Crippen molar-refractivity contribution in [1.82, 2.24) is 9.80 Å². The number of carbonyl (C=O) groups is 1. The summed E-state index contributed by atoms with van der Waals surface area (Å²) < 4.78 is 10.8. The van der Waals surface area contributed by atoms with Crippen LogP contribution in [0.4, 0.5) is 4.79 Å². The van der Waals surface area contributed by atoms with Crippen molar-refractivity contribution in [2.75, 3.05) is 34.3 Å². The molecule has 5 heteroatoms. The number of hydrogen-bond donors (Lipinski definition) is 0. The van der Waals surface area contributed by atoms with E-state index in [1.54, 1.807) is 12.0 Å². The number of rotatable bonds is 4. The zero-order valence-corrected chi connectivity index (χ0v) is 12.3. The maximum absolute atomic E-state index is 12.1. The molecular formula is C15H22N2O3. The summed E-state index contributed by atoms with van der Waals surface area (Å²) in [5.74, 6) is 0. The molecule has 1 heterocycles. The molecule has 1 amide bonds. The maximum Gasteiger partial charge on any atom is 0.410 e. The summed E-state index contributed by atoms with van der Waals surface area (Å²) in [4.78, 5) is 15.9. The Labute approximate surface area is 120 Å². The summed E-state index contributed by atoms with van der Waals surface area (Å²) in [5.41, 5.74) is 0.993. The summed E-state index contributed by atoms with van der Waals surface area (Å²) in [6, 6.07) is 9.90. The largest absolute Gasteiger partial charge is 0.445 e. The molecule has 0 spiro atoms. The highest BCUT2D eigenvalue weighted by Crippen LogP contribution is 2.18. The molecule has 20 heavy (non-hydrogen) atoms. The second-order valence-corrected chi connectivity index (χ2v) is 5.25. The van der Waals surface area contributed by atoms with Crippen molar-refractivity contribution >= 4 is 6.09 Å². The van der Waals surface area contributed by atoms with E-state index in [9.17, 15) is 4.79 Å². The Morgan fingerprint density at radius 1 is 1.30 bits per heavy atom. The molecule has 1 aliphatic rings. The lowest BCUT2D eigenvalue weighted by Crippen LogP contribution is -2.39. The van der Waals surface area contributed by atoms with Gasteiger partial charge < -0.3 is 19.3 Å². The van der Waals surface area contributed by atoms with Crippen molar-refractivity contribution in [2.45, 2.75) is 18.8 Å². The molecule has 0 radical (unpaired) electrons. The molecule has 0 unspecified atom stereocenters. The zero-order chi connectivity index (χ0) is 14.5. The molecule has 0 aromatic heterocycles. The van der Waals surface area contributed by atoms with E-state index >= 15 is 0 Å². The second kappa shape index (κ2) is 6.72. The van der Waals surface area contributed by atoms with Gasteiger partial charge in [0.2, 0.25) is 0 Å². The predicted octanol–water partition coefficient (Wildman–Crippen LogP) is 1.58. The van der Waals surface area contributed by atoms with E-state index in [0.29, 0.717) is 19.7 Å². The van der Waals surface area contributed by atoms with Crippen molar-refractivity contribution in [1.29, 1.82) is 0 Å². The zero-order valence-electron chi connectivity index (χ0n) is 12.3. The van der Waals surface area contributed by atoms with Gasteiger partial charge in [-0.25, -0.2) is 4.79 Å². The highest BCUT2D eigenvalue weighted by molar-refractivity contribution is 5.68. The molecule has 2 rings (SSSR count). The van der Waals surface area contributed by atoms with E-state index in [-0.39, 0.29) is 18.2 Å². The lowest BCUT2D eigenvalue weighted by molar-refractivity contribution is 0.0594. The quantitative estimate of drug-likeness (QED) is 0.838. The molecule has 0 N–H and O–H groups in total. The van der Waals surface area contributed by atoms with Crippen molar-refractivity contribution in [3.05, 3.63) is 35.9 Å². The van der Waals surface area contributed by atoms with Gasteiger partial charge in [0.1, 0.15) is 6.61 Å². The van der Waals surface area contributed by atoms with Gasteiger partial charge >= 0.3 is 6.09 Å². The standard InChI is InChI=1S/C15H22N2O3/c1-16(2)13-9-17(10-14(13)19-3)15(18)20-11-12-7-5-4-6-8-12/h4-8,13-14H,9-11H2,1-3H3/t13-,14-/m0/s1. The Bertz CT molecular complexity index is 436. The fraction of sp³-hybridized carbons (Fsp3) is 0.533. The number of likely N-dealkylation sites (N-methyl/N-ethyl adjacent to an activating group) is 1. The van der Waals surface area contributed by atoms with Gasteiger partial charge in [-0.3, -0.25) is 0 Å².